The topological polar surface area (TPSA) is 80.5 Å². The van der Waals surface area contributed by atoms with E-state index in [0.29, 0.717) is 23.5 Å². The van der Waals surface area contributed by atoms with Crippen LogP contribution in [0.5, 0.6) is 0 Å². The van der Waals surface area contributed by atoms with Gasteiger partial charge in [-0.3, -0.25) is 4.79 Å². The Balaban J connectivity index is 1.50. The molecule has 1 aliphatic heterocycles. The largest absolute Gasteiger partial charge is 0.440 e. The molecule has 1 aromatic carbocycles. The van der Waals surface area contributed by atoms with Crippen molar-refractivity contribution in [2.75, 3.05) is 18.8 Å². The van der Waals surface area contributed by atoms with Crippen LogP contribution in [0, 0.1) is 5.92 Å². The highest BCUT2D eigenvalue weighted by atomic mass is 32.2. The quantitative estimate of drug-likeness (QED) is 0.798. The van der Waals surface area contributed by atoms with Crippen molar-refractivity contribution >= 4 is 26.8 Å². The van der Waals surface area contributed by atoms with Crippen LogP contribution in [-0.2, 0) is 14.6 Å². The van der Waals surface area contributed by atoms with Gasteiger partial charge in [0.2, 0.25) is 5.91 Å². The summed E-state index contributed by atoms with van der Waals surface area (Å²) in [6.45, 7) is 3.01. The van der Waals surface area contributed by atoms with Crippen LogP contribution in [-0.4, -0.2) is 43.1 Å². The van der Waals surface area contributed by atoms with E-state index in [9.17, 15) is 13.2 Å². The third-order valence-electron chi connectivity index (χ3n) is 5.92. The molecule has 146 valence electrons. The molecule has 1 amide bonds. The summed E-state index contributed by atoms with van der Waals surface area (Å²) in [7, 11) is -3.27. The maximum Gasteiger partial charge on any atom is 0.225 e. The van der Waals surface area contributed by atoms with Gasteiger partial charge in [0.1, 0.15) is 5.52 Å². The van der Waals surface area contributed by atoms with Crippen molar-refractivity contribution in [2.24, 2.45) is 5.92 Å². The van der Waals surface area contributed by atoms with Crippen molar-refractivity contribution in [3.8, 4) is 0 Å². The SMILES string of the molecule is CCS(=O)(=O)c1ccc2oc([C@H]3CCN(C(=O)C4CCCCC4)C3)nc2c1. The van der Waals surface area contributed by atoms with Crippen LogP contribution >= 0.6 is 0 Å². The first-order chi connectivity index (χ1) is 13.0. The second kappa shape index (κ2) is 7.26. The number of hydrogen-bond donors (Lipinski definition) is 0. The molecular weight excluding hydrogens is 364 g/mol. The van der Waals surface area contributed by atoms with Crippen molar-refractivity contribution in [1.29, 1.82) is 0 Å². The predicted octanol–water partition coefficient (Wildman–Crippen LogP) is 3.52. The summed E-state index contributed by atoms with van der Waals surface area (Å²) < 4.78 is 30.0. The van der Waals surface area contributed by atoms with Crippen LogP contribution in [0.15, 0.2) is 27.5 Å². The normalized spacial score (nSPS) is 21.8. The molecule has 2 aliphatic rings. The number of benzene rings is 1. The first-order valence-corrected chi connectivity index (χ1v) is 11.5. The molecule has 0 N–H and O–H groups in total. The first kappa shape index (κ1) is 18.5. The molecule has 1 aromatic heterocycles. The van der Waals surface area contributed by atoms with E-state index in [1.807, 2.05) is 4.90 Å². The zero-order valence-electron chi connectivity index (χ0n) is 15.7. The number of hydrogen-bond acceptors (Lipinski definition) is 5. The van der Waals surface area contributed by atoms with Gasteiger partial charge >= 0.3 is 0 Å². The van der Waals surface area contributed by atoms with E-state index in [1.165, 1.54) is 6.42 Å². The number of aromatic nitrogens is 1. The van der Waals surface area contributed by atoms with E-state index < -0.39 is 9.84 Å². The summed E-state index contributed by atoms with van der Waals surface area (Å²) in [5.74, 6) is 1.21. The van der Waals surface area contributed by atoms with E-state index in [2.05, 4.69) is 4.98 Å². The lowest BCUT2D eigenvalue weighted by Gasteiger charge is -2.26. The fourth-order valence-corrected chi connectivity index (χ4v) is 5.13. The molecular formula is C20H26N2O4S. The molecule has 2 aromatic rings. The number of fused-ring (bicyclic) bond motifs is 1. The molecule has 1 saturated heterocycles. The van der Waals surface area contributed by atoms with Crippen molar-refractivity contribution in [3.63, 3.8) is 0 Å². The number of oxazole rings is 1. The van der Waals surface area contributed by atoms with Crippen LogP contribution in [0.3, 0.4) is 0 Å². The van der Waals surface area contributed by atoms with Gasteiger partial charge in [0.25, 0.3) is 0 Å². The number of likely N-dealkylation sites (tertiary alicyclic amines) is 1. The first-order valence-electron chi connectivity index (χ1n) is 9.90. The summed E-state index contributed by atoms with van der Waals surface area (Å²) in [5, 5.41) is 0. The zero-order chi connectivity index (χ0) is 19.0. The number of sulfone groups is 1. The van der Waals surface area contributed by atoms with Gasteiger partial charge in [0.15, 0.2) is 21.3 Å². The van der Waals surface area contributed by atoms with Crippen LogP contribution < -0.4 is 0 Å². The molecule has 6 nitrogen and oxygen atoms in total. The molecule has 0 unspecified atom stereocenters. The summed E-state index contributed by atoms with van der Waals surface area (Å²) >= 11 is 0. The second-order valence-electron chi connectivity index (χ2n) is 7.69. The minimum absolute atomic E-state index is 0.0596. The standard InChI is InChI=1S/C20H26N2O4S/c1-2-27(24,25)16-8-9-18-17(12-16)21-19(26-18)15-10-11-22(13-15)20(23)14-6-4-3-5-7-14/h8-9,12,14-15H,2-7,10-11,13H2,1H3/t15-/m0/s1. The number of rotatable bonds is 4. The highest BCUT2D eigenvalue weighted by molar-refractivity contribution is 7.91. The van der Waals surface area contributed by atoms with Gasteiger partial charge < -0.3 is 9.32 Å². The fourth-order valence-electron chi connectivity index (χ4n) is 4.23. The van der Waals surface area contributed by atoms with Crippen molar-refractivity contribution in [2.45, 2.75) is 56.3 Å². The van der Waals surface area contributed by atoms with Gasteiger partial charge in [-0.25, -0.2) is 13.4 Å². The summed E-state index contributed by atoms with van der Waals surface area (Å²) in [5.41, 5.74) is 1.16. The summed E-state index contributed by atoms with van der Waals surface area (Å²) in [6.07, 6.45) is 6.41. The molecule has 1 atom stereocenters. The van der Waals surface area contributed by atoms with Crippen molar-refractivity contribution < 1.29 is 17.6 Å². The summed E-state index contributed by atoms with van der Waals surface area (Å²) in [4.78, 5) is 19.5. The molecule has 4 rings (SSSR count). The Morgan fingerprint density at radius 2 is 2.00 bits per heavy atom. The van der Waals surface area contributed by atoms with Crippen molar-refractivity contribution in [3.05, 3.63) is 24.1 Å². The van der Waals surface area contributed by atoms with Gasteiger partial charge in [-0.2, -0.15) is 0 Å². The van der Waals surface area contributed by atoms with Gasteiger partial charge in [0.05, 0.1) is 16.6 Å². The van der Waals surface area contributed by atoms with Gasteiger partial charge in [0, 0.05) is 19.0 Å². The van der Waals surface area contributed by atoms with Gasteiger partial charge in [-0.05, 0) is 37.5 Å². The Labute approximate surface area is 159 Å². The van der Waals surface area contributed by atoms with Gasteiger partial charge in [-0.15, -0.1) is 0 Å². The lowest BCUT2D eigenvalue weighted by molar-refractivity contribution is -0.135. The molecule has 2 fully saturated rings. The third-order valence-corrected chi connectivity index (χ3v) is 7.65. The lowest BCUT2D eigenvalue weighted by Crippen LogP contribution is -2.35. The van der Waals surface area contributed by atoms with E-state index in [-0.39, 0.29) is 28.4 Å². The highest BCUT2D eigenvalue weighted by Crippen LogP contribution is 2.33. The molecule has 0 bridgehead atoms. The maximum atomic E-state index is 12.7. The Morgan fingerprint density at radius 3 is 2.74 bits per heavy atom. The van der Waals surface area contributed by atoms with Crippen LogP contribution in [0.2, 0.25) is 0 Å². The third kappa shape index (κ3) is 3.61. The minimum atomic E-state index is -3.27. The van der Waals surface area contributed by atoms with E-state index in [1.54, 1.807) is 25.1 Å². The fraction of sp³-hybridized carbons (Fsp3) is 0.600. The number of nitrogens with zero attached hydrogens (tertiary/aromatic N) is 2. The van der Waals surface area contributed by atoms with E-state index in [4.69, 9.17) is 4.42 Å². The Morgan fingerprint density at radius 1 is 1.22 bits per heavy atom. The molecule has 1 aliphatic carbocycles. The molecule has 27 heavy (non-hydrogen) atoms. The molecule has 0 spiro atoms. The number of carbonyl (C=O) groups is 1. The monoisotopic (exact) mass is 390 g/mol. The van der Waals surface area contributed by atoms with Crippen LogP contribution in [0.4, 0.5) is 0 Å². The van der Waals surface area contributed by atoms with E-state index >= 15 is 0 Å². The molecule has 0 radical (unpaired) electrons. The zero-order valence-corrected chi connectivity index (χ0v) is 16.5. The van der Waals surface area contributed by atoms with Crippen molar-refractivity contribution in [1.82, 2.24) is 9.88 Å². The van der Waals surface area contributed by atoms with Crippen LogP contribution in [0.1, 0.15) is 57.3 Å². The predicted molar refractivity (Wildman–Crippen MR) is 102 cm³/mol. The van der Waals surface area contributed by atoms with Gasteiger partial charge in [-0.1, -0.05) is 26.2 Å². The van der Waals surface area contributed by atoms with Crippen LogP contribution in [0.25, 0.3) is 11.1 Å². The van der Waals surface area contributed by atoms with E-state index in [0.717, 1.165) is 38.6 Å². The number of carbonyl (C=O) groups excluding carboxylic acids is 1. The smallest absolute Gasteiger partial charge is 0.225 e. The Bertz CT molecular complexity index is 944. The summed E-state index contributed by atoms with van der Waals surface area (Å²) in [6, 6.07) is 4.83. The minimum Gasteiger partial charge on any atom is -0.440 e. The average molecular weight is 391 g/mol. The number of amides is 1. The maximum absolute atomic E-state index is 12.7. The molecule has 1 saturated carbocycles. The molecule has 7 heteroatoms. The lowest BCUT2D eigenvalue weighted by atomic mass is 9.88. The Kier molecular flexibility index (Phi) is 4.97. The second-order valence-corrected chi connectivity index (χ2v) is 9.97. The Hall–Kier alpha value is -1.89. The average Bonchev–Trinajstić information content (AvgIpc) is 3.34. The highest BCUT2D eigenvalue weighted by Gasteiger charge is 2.34. The molecule has 2 heterocycles.